The van der Waals surface area contributed by atoms with Gasteiger partial charge >= 0.3 is 0 Å². The van der Waals surface area contributed by atoms with Crippen LogP contribution in [0.2, 0.25) is 0 Å². The Morgan fingerprint density at radius 1 is 1.00 bits per heavy atom. The van der Waals surface area contributed by atoms with Crippen molar-refractivity contribution in [3.63, 3.8) is 0 Å². The van der Waals surface area contributed by atoms with E-state index in [0.717, 1.165) is 11.1 Å². The Bertz CT molecular complexity index is 613. The van der Waals surface area contributed by atoms with Crippen molar-refractivity contribution in [1.82, 2.24) is 0 Å². The molecule has 0 radical (unpaired) electrons. The monoisotopic (exact) mass is 287 g/mol. The predicted octanol–water partition coefficient (Wildman–Crippen LogP) is 3.11. The number of benzene rings is 2. The fourth-order valence-corrected chi connectivity index (χ4v) is 2.31. The molecule has 2 rings (SSSR count). The van der Waals surface area contributed by atoms with Crippen LogP contribution in [-0.2, 0) is 0 Å². The van der Waals surface area contributed by atoms with Crippen molar-refractivity contribution in [2.75, 3.05) is 20.8 Å². The Hall–Kier alpha value is -2.56. The smallest absolute Gasteiger partial charge is 0.214 e. The molecule has 0 saturated carbocycles. The van der Waals surface area contributed by atoms with Gasteiger partial charge in [-0.05, 0) is 23.3 Å². The molecule has 0 bridgehead atoms. The Labute approximate surface area is 123 Å². The second kappa shape index (κ2) is 6.74. The minimum Gasteiger partial charge on any atom is -0.493 e. The molecule has 21 heavy (non-hydrogen) atoms. The first-order valence-electron chi connectivity index (χ1n) is 6.54. The molecule has 0 heterocycles. The number of ether oxygens (including phenoxy) is 2. The fourth-order valence-electron chi connectivity index (χ4n) is 2.31. The van der Waals surface area contributed by atoms with Gasteiger partial charge in [-0.1, -0.05) is 36.4 Å². The fraction of sp³-hybridized carbons (Fsp3) is 0.250. The van der Waals surface area contributed by atoms with Crippen molar-refractivity contribution in [2.45, 2.75) is 5.92 Å². The van der Waals surface area contributed by atoms with E-state index in [9.17, 15) is 10.1 Å². The van der Waals surface area contributed by atoms with Gasteiger partial charge in [-0.3, -0.25) is 10.1 Å². The average Bonchev–Trinajstić information content (AvgIpc) is 2.52. The quantitative estimate of drug-likeness (QED) is 0.605. The maximum absolute atomic E-state index is 11.0. The average molecular weight is 287 g/mol. The lowest BCUT2D eigenvalue weighted by molar-refractivity contribution is -0.481. The van der Waals surface area contributed by atoms with Crippen LogP contribution in [0, 0.1) is 10.1 Å². The summed E-state index contributed by atoms with van der Waals surface area (Å²) in [4.78, 5) is 10.7. The number of hydrogen-bond acceptors (Lipinski definition) is 4. The van der Waals surface area contributed by atoms with Crippen LogP contribution in [0.3, 0.4) is 0 Å². The third-order valence-electron chi connectivity index (χ3n) is 3.34. The summed E-state index contributed by atoms with van der Waals surface area (Å²) in [5.41, 5.74) is 1.73. The maximum atomic E-state index is 11.0. The van der Waals surface area contributed by atoms with Crippen molar-refractivity contribution in [3.05, 3.63) is 69.8 Å². The maximum Gasteiger partial charge on any atom is 0.214 e. The van der Waals surface area contributed by atoms with Gasteiger partial charge in [-0.2, -0.15) is 0 Å². The second-order valence-corrected chi connectivity index (χ2v) is 4.59. The van der Waals surface area contributed by atoms with Gasteiger partial charge in [-0.25, -0.2) is 0 Å². The number of methoxy groups -OCH3 is 2. The van der Waals surface area contributed by atoms with Crippen molar-refractivity contribution in [3.8, 4) is 11.5 Å². The van der Waals surface area contributed by atoms with E-state index in [1.165, 1.54) is 0 Å². The summed E-state index contributed by atoms with van der Waals surface area (Å²) in [6.45, 7) is -0.167. The van der Waals surface area contributed by atoms with E-state index in [2.05, 4.69) is 0 Å². The molecule has 0 saturated heterocycles. The van der Waals surface area contributed by atoms with E-state index in [0.29, 0.717) is 11.5 Å². The summed E-state index contributed by atoms with van der Waals surface area (Å²) >= 11 is 0. The molecule has 0 amide bonds. The van der Waals surface area contributed by atoms with E-state index in [1.54, 1.807) is 26.4 Å². The summed E-state index contributed by atoms with van der Waals surface area (Å²) < 4.78 is 10.5. The van der Waals surface area contributed by atoms with Crippen LogP contribution in [0.4, 0.5) is 0 Å². The molecule has 5 heteroatoms. The van der Waals surface area contributed by atoms with Gasteiger partial charge in [-0.15, -0.1) is 0 Å². The third-order valence-corrected chi connectivity index (χ3v) is 3.34. The summed E-state index contributed by atoms with van der Waals surface area (Å²) in [5, 5.41) is 11.0. The lowest BCUT2D eigenvalue weighted by Gasteiger charge is -2.16. The summed E-state index contributed by atoms with van der Waals surface area (Å²) in [7, 11) is 3.11. The van der Waals surface area contributed by atoms with E-state index in [1.807, 2.05) is 36.4 Å². The Morgan fingerprint density at radius 3 is 2.24 bits per heavy atom. The topological polar surface area (TPSA) is 61.6 Å². The molecule has 2 aromatic carbocycles. The normalized spacial score (nSPS) is 11.7. The number of nitro groups is 1. The molecule has 1 atom stereocenters. The predicted molar refractivity (Wildman–Crippen MR) is 79.7 cm³/mol. The highest BCUT2D eigenvalue weighted by atomic mass is 16.6. The summed E-state index contributed by atoms with van der Waals surface area (Å²) in [5.74, 6) is 0.856. The molecule has 0 aliphatic heterocycles. The first-order valence-corrected chi connectivity index (χ1v) is 6.54. The first kappa shape index (κ1) is 14.8. The molecule has 0 aromatic heterocycles. The third kappa shape index (κ3) is 3.51. The Balaban J connectivity index is 2.44. The molecule has 0 aliphatic rings. The number of nitrogens with zero attached hydrogens (tertiary/aromatic N) is 1. The molecular formula is C16H17NO4. The molecule has 0 aliphatic carbocycles. The zero-order valence-corrected chi connectivity index (χ0v) is 12.0. The lowest BCUT2D eigenvalue weighted by atomic mass is 9.91. The molecular weight excluding hydrogens is 270 g/mol. The van der Waals surface area contributed by atoms with Crippen LogP contribution in [0.25, 0.3) is 0 Å². The molecule has 2 aromatic rings. The van der Waals surface area contributed by atoms with Gasteiger partial charge in [0.25, 0.3) is 0 Å². The van der Waals surface area contributed by atoms with Crippen LogP contribution < -0.4 is 9.47 Å². The lowest BCUT2D eigenvalue weighted by Crippen LogP contribution is -2.14. The summed E-state index contributed by atoms with van der Waals surface area (Å²) in [6, 6.07) is 14.8. The van der Waals surface area contributed by atoms with Gasteiger partial charge in [0.05, 0.1) is 20.1 Å². The summed E-state index contributed by atoms with van der Waals surface area (Å²) in [6.07, 6.45) is 0. The van der Waals surface area contributed by atoms with E-state index in [-0.39, 0.29) is 17.4 Å². The highest BCUT2D eigenvalue weighted by molar-refractivity contribution is 5.46. The van der Waals surface area contributed by atoms with Gasteiger partial charge in [0.2, 0.25) is 6.54 Å². The van der Waals surface area contributed by atoms with Crippen LogP contribution in [0.1, 0.15) is 17.0 Å². The Morgan fingerprint density at radius 2 is 1.67 bits per heavy atom. The molecule has 0 unspecified atom stereocenters. The van der Waals surface area contributed by atoms with Gasteiger partial charge in [0.15, 0.2) is 11.5 Å². The highest BCUT2D eigenvalue weighted by Crippen LogP contribution is 2.33. The van der Waals surface area contributed by atoms with Crippen molar-refractivity contribution < 1.29 is 14.4 Å². The van der Waals surface area contributed by atoms with E-state index < -0.39 is 0 Å². The number of hydrogen-bond donors (Lipinski definition) is 0. The van der Waals surface area contributed by atoms with Crippen LogP contribution in [0.15, 0.2) is 48.5 Å². The zero-order chi connectivity index (χ0) is 15.2. The molecule has 0 N–H and O–H groups in total. The van der Waals surface area contributed by atoms with Crippen molar-refractivity contribution >= 4 is 0 Å². The molecule has 0 spiro atoms. The van der Waals surface area contributed by atoms with Gasteiger partial charge in [0, 0.05) is 4.92 Å². The van der Waals surface area contributed by atoms with Gasteiger partial charge < -0.3 is 9.47 Å². The zero-order valence-electron chi connectivity index (χ0n) is 12.0. The minimum atomic E-state index is -0.319. The SMILES string of the molecule is COc1ccc([C@@H](C[N+](=O)[O-])c2ccccc2)cc1OC. The van der Waals surface area contributed by atoms with E-state index in [4.69, 9.17) is 9.47 Å². The van der Waals surface area contributed by atoms with Crippen molar-refractivity contribution in [1.29, 1.82) is 0 Å². The Kier molecular flexibility index (Phi) is 4.77. The molecule has 110 valence electrons. The standard InChI is InChI=1S/C16H17NO4/c1-20-15-9-8-13(10-16(15)21-2)14(11-17(18)19)12-6-4-3-5-7-12/h3-10,14H,11H2,1-2H3/t14-/m0/s1. The van der Waals surface area contributed by atoms with Crippen LogP contribution in [0.5, 0.6) is 11.5 Å². The van der Waals surface area contributed by atoms with Crippen LogP contribution >= 0.6 is 0 Å². The molecule has 5 nitrogen and oxygen atoms in total. The minimum absolute atomic E-state index is 0.167. The van der Waals surface area contributed by atoms with E-state index >= 15 is 0 Å². The second-order valence-electron chi connectivity index (χ2n) is 4.59. The van der Waals surface area contributed by atoms with Crippen LogP contribution in [-0.4, -0.2) is 25.7 Å². The largest absolute Gasteiger partial charge is 0.493 e. The first-order chi connectivity index (χ1) is 10.2. The van der Waals surface area contributed by atoms with Gasteiger partial charge in [0.1, 0.15) is 0 Å². The molecule has 0 fully saturated rings. The van der Waals surface area contributed by atoms with Crippen molar-refractivity contribution in [2.24, 2.45) is 0 Å². The number of rotatable bonds is 6. The highest BCUT2D eigenvalue weighted by Gasteiger charge is 2.21.